The van der Waals surface area contributed by atoms with E-state index in [9.17, 15) is 0 Å². The van der Waals surface area contributed by atoms with Crippen LogP contribution in [0.5, 0.6) is 0 Å². The fourth-order valence-electron chi connectivity index (χ4n) is 2.84. The lowest BCUT2D eigenvalue weighted by atomic mass is 9.97. The molecule has 21 heavy (non-hydrogen) atoms. The van der Waals surface area contributed by atoms with Crippen LogP contribution in [-0.4, -0.2) is 0 Å². The van der Waals surface area contributed by atoms with Crippen molar-refractivity contribution in [1.29, 1.82) is 0 Å². The molecule has 100 valence electrons. The third-order valence-electron chi connectivity index (χ3n) is 3.91. The molecule has 0 saturated carbocycles. The molecule has 4 aromatic rings. The normalized spacial score (nSPS) is 11.1. The molecule has 0 aliphatic carbocycles. The van der Waals surface area contributed by atoms with Gasteiger partial charge >= 0.3 is 0 Å². The zero-order valence-corrected chi connectivity index (χ0v) is 13.5. The van der Waals surface area contributed by atoms with Crippen LogP contribution in [0.3, 0.4) is 0 Å². The minimum Gasteiger partial charge on any atom is -0.0622 e. The van der Waals surface area contributed by atoms with E-state index >= 15 is 0 Å². The number of benzene rings is 4. The lowest BCUT2D eigenvalue weighted by Crippen LogP contribution is -1.82. The van der Waals surface area contributed by atoms with Crippen LogP contribution in [0.2, 0.25) is 0 Å². The van der Waals surface area contributed by atoms with E-state index in [0.717, 1.165) is 0 Å². The topological polar surface area (TPSA) is 0 Å². The van der Waals surface area contributed by atoms with Gasteiger partial charge in [-0.25, -0.2) is 0 Å². The van der Waals surface area contributed by atoms with E-state index < -0.39 is 0 Å². The van der Waals surface area contributed by atoms with Crippen molar-refractivity contribution in [3.05, 3.63) is 82.4 Å². The van der Waals surface area contributed by atoms with Crippen LogP contribution in [-0.2, 0) is 0 Å². The monoisotopic (exact) mass is 380 g/mol. The molecule has 0 aliphatic heterocycles. The average molecular weight is 380 g/mol. The molecule has 0 radical (unpaired) electrons. The summed E-state index contributed by atoms with van der Waals surface area (Å²) in [6.07, 6.45) is 0. The molecule has 0 nitrogen and oxygen atoms in total. The molecule has 4 rings (SSSR count). The van der Waals surface area contributed by atoms with Gasteiger partial charge in [-0.2, -0.15) is 0 Å². The maximum atomic E-state index is 2.38. The van der Waals surface area contributed by atoms with E-state index in [1.165, 1.54) is 36.2 Å². The van der Waals surface area contributed by atoms with Crippen LogP contribution in [0.25, 0.3) is 32.7 Å². The first-order valence-electron chi connectivity index (χ1n) is 6.99. The van der Waals surface area contributed by atoms with Crippen molar-refractivity contribution in [3.63, 3.8) is 0 Å². The molecule has 0 fully saturated rings. The summed E-state index contributed by atoms with van der Waals surface area (Å²) >= 11 is 2.38. The fraction of sp³-hybridized carbons (Fsp3) is 0. The number of fused-ring (bicyclic) bond motifs is 3. The van der Waals surface area contributed by atoms with Gasteiger partial charge < -0.3 is 0 Å². The molecule has 0 amide bonds. The van der Waals surface area contributed by atoms with E-state index in [4.69, 9.17) is 0 Å². The van der Waals surface area contributed by atoms with Gasteiger partial charge in [0.25, 0.3) is 0 Å². The van der Waals surface area contributed by atoms with E-state index in [0.29, 0.717) is 0 Å². The Hall–Kier alpha value is -1.87. The van der Waals surface area contributed by atoms with Gasteiger partial charge in [-0.1, -0.05) is 60.7 Å². The summed E-state index contributed by atoms with van der Waals surface area (Å²) < 4.78 is 1.28. The Kier molecular flexibility index (Phi) is 3.15. The van der Waals surface area contributed by atoms with Crippen LogP contribution < -0.4 is 0 Å². The number of hydrogen-bond acceptors (Lipinski definition) is 0. The summed E-state index contributed by atoms with van der Waals surface area (Å²) in [5, 5.41) is 5.26. The molecular weight excluding hydrogens is 367 g/mol. The van der Waals surface area contributed by atoms with Crippen molar-refractivity contribution in [1.82, 2.24) is 0 Å². The van der Waals surface area contributed by atoms with E-state index in [2.05, 4.69) is 101 Å². The average Bonchev–Trinajstić information content (AvgIpc) is 2.55. The SMILES string of the molecule is Ic1ccc2ccc3cc(-c4ccccc4)ccc3c2c1. The summed E-state index contributed by atoms with van der Waals surface area (Å²) in [4.78, 5) is 0. The lowest BCUT2D eigenvalue weighted by Gasteiger charge is -2.07. The highest BCUT2D eigenvalue weighted by Gasteiger charge is 2.03. The van der Waals surface area contributed by atoms with Crippen LogP contribution >= 0.6 is 22.6 Å². The molecule has 0 N–H and O–H groups in total. The van der Waals surface area contributed by atoms with Crippen LogP contribution in [0.4, 0.5) is 0 Å². The van der Waals surface area contributed by atoms with E-state index in [1.807, 2.05) is 0 Å². The Balaban J connectivity index is 1.99. The second-order valence-electron chi connectivity index (χ2n) is 5.23. The van der Waals surface area contributed by atoms with Crippen molar-refractivity contribution in [2.75, 3.05) is 0 Å². The molecule has 4 aromatic carbocycles. The first-order valence-corrected chi connectivity index (χ1v) is 8.07. The van der Waals surface area contributed by atoms with Crippen molar-refractivity contribution < 1.29 is 0 Å². The number of hydrogen-bond donors (Lipinski definition) is 0. The Morgan fingerprint density at radius 3 is 2.14 bits per heavy atom. The van der Waals surface area contributed by atoms with Gasteiger partial charge in [-0.05, 0) is 73.5 Å². The minimum absolute atomic E-state index is 1.27. The third kappa shape index (κ3) is 2.32. The molecule has 1 heteroatoms. The number of halogens is 1. The van der Waals surface area contributed by atoms with Crippen molar-refractivity contribution in [3.8, 4) is 11.1 Å². The zero-order valence-electron chi connectivity index (χ0n) is 11.4. The first kappa shape index (κ1) is 12.8. The van der Waals surface area contributed by atoms with Crippen molar-refractivity contribution >= 4 is 44.1 Å². The minimum atomic E-state index is 1.27. The maximum Gasteiger partial charge on any atom is 0.0136 e. The Morgan fingerprint density at radius 2 is 1.29 bits per heavy atom. The van der Waals surface area contributed by atoms with Gasteiger partial charge in [0.2, 0.25) is 0 Å². The Bertz CT molecular complexity index is 940. The van der Waals surface area contributed by atoms with Gasteiger partial charge in [0.05, 0.1) is 0 Å². The van der Waals surface area contributed by atoms with Gasteiger partial charge in [0.1, 0.15) is 0 Å². The summed E-state index contributed by atoms with van der Waals surface area (Å²) in [6.45, 7) is 0. The predicted octanol–water partition coefficient (Wildman–Crippen LogP) is 6.26. The zero-order chi connectivity index (χ0) is 14.2. The summed E-state index contributed by atoms with van der Waals surface area (Å²) in [5.74, 6) is 0. The molecule has 0 atom stereocenters. The Morgan fingerprint density at radius 1 is 0.524 bits per heavy atom. The highest BCUT2D eigenvalue weighted by Crippen LogP contribution is 2.30. The third-order valence-corrected chi connectivity index (χ3v) is 4.58. The largest absolute Gasteiger partial charge is 0.0622 e. The van der Waals surface area contributed by atoms with E-state index in [-0.39, 0.29) is 0 Å². The first-order chi connectivity index (χ1) is 10.3. The molecule has 0 bridgehead atoms. The lowest BCUT2D eigenvalue weighted by molar-refractivity contribution is 1.65. The maximum absolute atomic E-state index is 2.38. The molecule has 0 spiro atoms. The summed E-state index contributed by atoms with van der Waals surface area (Å²) in [6, 6.07) is 28.3. The fourth-order valence-corrected chi connectivity index (χ4v) is 3.33. The van der Waals surface area contributed by atoms with Gasteiger partial charge in [0, 0.05) is 3.57 Å². The Labute approximate surface area is 137 Å². The van der Waals surface area contributed by atoms with Gasteiger partial charge in [-0.3, -0.25) is 0 Å². The molecule has 0 aromatic heterocycles. The molecule has 0 unspecified atom stereocenters. The quantitative estimate of drug-likeness (QED) is 0.270. The summed E-state index contributed by atoms with van der Waals surface area (Å²) in [7, 11) is 0. The standard InChI is InChI=1S/C20H13I/c21-18-10-8-15-6-7-17-12-16(14-4-2-1-3-5-14)9-11-19(17)20(15)13-18/h1-13H. The van der Waals surface area contributed by atoms with Gasteiger partial charge in [-0.15, -0.1) is 0 Å². The second kappa shape index (κ2) is 5.15. The highest BCUT2D eigenvalue weighted by molar-refractivity contribution is 14.1. The molecular formula is C20H13I. The van der Waals surface area contributed by atoms with Crippen LogP contribution in [0.1, 0.15) is 0 Å². The molecule has 0 saturated heterocycles. The predicted molar refractivity (Wildman–Crippen MR) is 99.6 cm³/mol. The molecule has 0 heterocycles. The second-order valence-corrected chi connectivity index (χ2v) is 6.48. The van der Waals surface area contributed by atoms with Crippen LogP contribution in [0.15, 0.2) is 78.9 Å². The van der Waals surface area contributed by atoms with Gasteiger partial charge in [0.15, 0.2) is 0 Å². The van der Waals surface area contributed by atoms with Crippen molar-refractivity contribution in [2.24, 2.45) is 0 Å². The van der Waals surface area contributed by atoms with E-state index in [1.54, 1.807) is 0 Å². The summed E-state index contributed by atoms with van der Waals surface area (Å²) in [5.41, 5.74) is 2.54. The highest BCUT2D eigenvalue weighted by atomic mass is 127. The van der Waals surface area contributed by atoms with Crippen LogP contribution in [0, 0.1) is 3.57 Å². The molecule has 0 aliphatic rings. The number of rotatable bonds is 1. The van der Waals surface area contributed by atoms with Crippen molar-refractivity contribution in [2.45, 2.75) is 0 Å². The smallest absolute Gasteiger partial charge is 0.0136 e.